The molecule has 1 unspecified atom stereocenters. The maximum atomic E-state index is 3.68. The molecule has 1 aromatic carbocycles. The fraction of sp³-hybridized carbons (Fsp3) is 0.600. The van der Waals surface area contributed by atoms with E-state index in [-0.39, 0.29) is 0 Å². The van der Waals surface area contributed by atoms with Crippen LogP contribution in [0, 0.1) is 0 Å². The smallest absolute Gasteiger partial charge is 0.0343 e. The SMILES string of the molecule is CCN1CCCC(Nc2ccc(SC)cc2)CC1. The van der Waals surface area contributed by atoms with Crippen LogP contribution in [-0.4, -0.2) is 36.8 Å². The Kier molecular flexibility index (Phi) is 5.39. The van der Waals surface area contributed by atoms with E-state index in [2.05, 4.69) is 47.7 Å². The standard InChI is InChI=1S/C15H24N2S/c1-3-17-11-4-5-13(10-12-17)16-14-6-8-15(18-2)9-7-14/h6-9,13,16H,3-5,10-12H2,1-2H3. The molecule has 0 aromatic heterocycles. The summed E-state index contributed by atoms with van der Waals surface area (Å²) in [6, 6.07) is 9.44. The first-order valence-corrected chi connectivity index (χ1v) is 8.17. The molecule has 1 aromatic rings. The summed E-state index contributed by atoms with van der Waals surface area (Å²) < 4.78 is 0. The molecule has 2 rings (SSSR count). The second kappa shape index (κ2) is 7.05. The number of rotatable bonds is 4. The number of hydrogen-bond donors (Lipinski definition) is 1. The Morgan fingerprint density at radius 2 is 2.00 bits per heavy atom. The van der Waals surface area contributed by atoms with E-state index in [0.717, 1.165) is 0 Å². The zero-order chi connectivity index (χ0) is 12.8. The predicted molar refractivity (Wildman–Crippen MR) is 81.6 cm³/mol. The van der Waals surface area contributed by atoms with Crippen molar-refractivity contribution in [2.75, 3.05) is 31.2 Å². The van der Waals surface area contributed by atoms with Gasteiger partial charge in [0.25, 0.3) is 0 Å². The summed E-state index contributed by atoms with van der Waals surface area (Å²) in [5, 5.41) is 3.68. The van der Waals surface area contributed by atoms with Gasteiger partial charge in [-0.1, -0.05) is 6.92 Å². The highest BCUT2D eigenvalue weighted by molar-refractivity contribution is 7.98. The molecule has 1 heterocycles. The van der Waals surface area contributed by atoms with Gasteiger partial charge in [0.1, 0.15) is 0 Å². The molecule has 3 heteroatoms. The molecule has 1 N–H and O–H groups in total. The molecule has 1 fully saturated rings. The number of anilines is 1. The van der Waals surface area contributed by atoms with Crippen LogP contribution in [0.2, 0.25) is 0 Å². The molecule has 0 aliphatic carbocycles. The lowest BCUT2D eigenvalue weighted by molar-refractivity contribution is 0.300. The summed E-state index contributed by atoms with van der Waals surface area (Å²) in [6.07, 6.45) is 5.99. The van der Waals surface area contributed by atoms with Crippen molar-refractivity contribution in [1.29, 1.82) is 0 Å². The summed E-state index contributed by atoms with van der Waals surface area (Å²) >= 11 is 1.80. The number of nitrogens with one attached hydrogen (secondary N) is 1. The van der Waals surface area contributed by atoms with Crippen molar-refractivity contribution in [3.8, 4) is 0 Å². The molecule has 0 spiro atoms. The maximum Gasteiger partial charge on any atom is 0.0343 e. The van der Waals surface area contributed by atoms with Gasteiger partial charge >= 0.3 is 0 Å². The average molecular weight is 264 g/mol. The van der Waals surface area contributed by atoms with Crippen molar-refractivity contribution in [1.82, 2.24) is 4.90 Å². The molecule has 1 aliphatic rings. The quantitative estimate of drug-likeness (QED) is 0.835. The zero-order valence-electron chi connectivity index (χ0n) is 11.5. The highest BCUT2D eigenvalue weighted by atomic mass is 32.2. The summed E-state index contributed by atoms with van der Waals surface area (Å²) in [7, 11) is 0. The minimum atomic E-state index is 0.640. The minimum absolute atomic E-state index is 0.640. The summed E-state index contributed by atoms with van der Waals surface area (Å²) in [6.45, 7) is 5.95. The Labute approximate surface area is 115 Å². The largest absolute Gasteiger partial charge is 0.382 e. The van der Waals surface area contributed by atoms with E-state index in [0.29, 0.717) is 6.04 Å². The fourth-order valence-corrected chi connectivity index (χ4v) is 2.95. The van der Waals surface area contributed by atoms with Gasteiger partial charge in [-0.15, -0.1) is 11.8 Å². The molecule has 0 bridgehead atoms. The summed E-state index contributed by atoms with van der Waals surface area (Å²) in [5.41, 5.74) is 1.27. The van der Waals surface area contributed by atoms with E-state index < -0.39 is 0 Å². The monoisotopic (exact) mass is 264 g/mol. The molecule has 18 heavy (non-hydrogen) atoms. The van der Waals surface area contributed by atoms with Crippen molar-refractivity contribution < 1.29 is 0 Å². The molecule has 2 nitrogen and oxygen atoms in total. The third-order valence-corrected chi connectivity index (χ3v) is 4.47. The lowest BCUT2D eigenvalue weighted by atomic mass is 10.1. The topological polar surface area (TPSA) is 15.3 Å². The van der Waals surface area contributed by atoms with E-state index in [1.165, 1.54) is 49.5 Å². The van der Waals surface area contributed by atoms with Crippen LogP contribution in [0.5, 0.6) is 0 Å². The van der Waals surface area contributed by atoms with Crippen molar-refractivity contribution >= 4 is 17.4 Å². The number of nitrogens with zero attached hydrogens (tertiary/aromatic N) is 1. The molecule has 1 aliphatic heterocycles. The van der Waals surface area contributed by atoms with Crippen molar-refractivity contribution in [3.05, 3.63) is 24.3 Å². The molecule has 0 amide bonds. The highest BCUT2D eigenvalue weighted by Gasteiger charge is 2.15. The van der Waals surface area contributed by atoms with Gasteiger partial charge in [-0.3, -0.25) is 0 Å². The van der Waals surface area contributed by atoms with Gasteiger partial charge in [0.15, 0.2) is 0 Å². The van der Waals surface area contributed by atoms with Gasteiger partial charge in [-0.2, -0.15) is 0 Å². The van der Waals surface area contributed by atoms with Crippen LogP contribution < -0.4 is 5.32 Å². The fourth-order valence-electron chi connectivity index (χ4n) is 2.54. The molecule has 0 radical (unpaired) electrons. The first-order valence-electron chi connectivity index (χ1n) is 6.94. The van der Waals surface area contributed by atoms with Gasteiger partial charge in [0.2, 0.25) is 0 Å². The summed E-state index contributed by atoms with van der Waals surface area (Å²) in [4.78, 5) is 3.89. The average Bonchev–Trinajstić information content (AvgIpc) is 2.65. The van der Waals surface area contributed by atoms with Crippen LogP contribution in [0.1, 0.15) is 26.2 Å². The van der Waals surface area contributed by atoms with E-state index in [1.807, 2.05) is 0 Å². The molecule has 0 saturated carbocycles. The third-order valence-electron chi connectivity index (χ3n) is 3.73. The minimum Gasteiger partial charge on any atom is -0.382 e. The van der Waals surface area contributed by atoms with Crippen LogP contribution in [0.4, 0.5) is 5.69 Å². The van der Waals surface area contributed by atoms with E-state index in [1.54, 1.807) is 11.8 Å². The zero-order valence-corrected chi connectivity index (χ0v) is 12.3. The van der Waals surface area contributed by atoms with E-state index in [9.17, 15) is 0 Å². The lowest BCUT2D eigenvalue weighted by Crippen LogP contribution is -2.26. The number of thioether (sulfide) groups is 1. The first kappa shape index (κ1) is 13.8. The Balaban J connectivity index is 1.88. The number of hydrogen-bond acceptors (Lipinski definition) is 3. The lowest BCUT2D eigenvalue weighted by Gasteiger charge is -2.19. The van der Waals surface area contributed by atoms with Crippen LogP contribution in [-0.2, 0) is 0 Å². The Bertz CT molecular complexity index is 350. The highest BCUT2D eigenvalue weighted by Crippen LogP contribution is 2.20. The van der Waals surface area contributed by atoms with Crippen molar-refractivity contribution in [3.63, 3.8) is 0 Å². The van der Waals surface area contributed by atoms with Crippen LogP contribution in [0.15, 0.2) is 29.2 Å². The van der Waals surface area contributed by atoms with Crippen molar-refractivity contribution in [2.24, 2.45) is 0 Å². The van der Waals surface area contributed by atoms with Crippen LogP contribution in [0.3, 0.4) is 0 Å². The van der Waals surface area contributed by atoms with Crippen LogP contribution >= 0.6 is 11.8 Å². The Morgan fingerprint density at radius 1 is 1.22 bits per heavy atom. The third kappa shape index (κ3) is 3.92. The second-order valence-corrected chi connectivity index (χ2v) is 5.81. The van der Waals surface area contributed by atoms with Gasteiger partial charge < -0.3 is 10.2 Å². The van der Waals surface area contributed by atoms with E-state index in [4.69, 9.17) is 0 Å². The Morgan fingerprint density at radius 3 is 2.67 bits per heavy atom. The maximum absolute atomic E-state index is 3.68. The van der Waals surface area contributed by atoms with Gasteiger partial charge in [-0.05, 0) is 62.9 Å². The molecular weight excluding hydrogens is 240 g/mol. The Hall–Kier alpha value is -0.670. The number of likely N-dealkylation sites (tertiary alicyclic amines) is 1. The predicted octanol–water partition coefficient (Wildman–Crippen LogP) is 3.69. The first-order chi connectivity index (χ1) is 8.81. The van der Waals surface area contributed by atoms with Crippen LogP contribution in [0.25, 0.3) is 0 Å². The normalized spacial score (nSPS) is 21.6. The van der Waals surface area contributed by atoms with Gasteiger partial charge in [0, 0.05) is 23.2 Å². The van der Waals surface area contributed by atoms with E-state index >= 15 is 0 Å². The molecule has 1 saturated heterocycles. The molecule has 1 atom stereocenters. The van der Waals surface area contributed by atoms with Gasteiger partial charge in [0.05, 0.1) is 0 Å². The second-order valence-electron chi connectivity index (χ2n) is 4.93. The summed E-state index contributed by atoms with van der Waals surface area (Å²) in [5.74, 6) is 0. The van der Waals surface area contributed by atoms with Gasteiger partial charge in [-0.25, -0.2) is 0 Å². The number of benzene rings is 1. The van der Waals surface area contributed by atoms with Crippen molar-refractivity contribution in [2.45, 2.75) is 37.1 Å². The molecular formula is C15H24N2S. The molecule has 100 valence electrons.